The number of aliphatic hydroxyl groups excluding tert-OH is 1. The Labute approximate surface area is 168 Å². The Hall–Kier alpha value is -2.65. The van der Waals surface area contributed by atoms with Crippen LogP contribution in [0.4, 0.5) is 0 Å². The molecule has 0 amide bonds. The van der Waals surface area contributed by atoms with E-state index in [4.69, 9.17) is 11.6 Å². The van der Waals surface area contributed by atoms with E-state index in [0.717, 1.165) is 0 Å². The maximum Gasteiger partial charge on any atom is 0.333 e. The lowest BCUT2D eigenvalue weighted by Crippen LogP contribution is -2.24. The number of aliphatic hydroxyl groups is 1. The van der Waals surface area contributed by atoms with Gasteiger partial charge in [-0.2, -0.15) is 13.5 Å². The van der Waals surface area contributed by atoms with Gasteiger partial charge in [0.1, 0.15) is 18.6 Å². The average molecular weight is 419 g/mol. The number of nitrogens with zero attached hydrogens (tertiary/aromatic N) is 4. The molecule has 2 aromatic heterocycles. The second kappa shape index (κ2) is 8.79. The normalized spacial score (nSPS) is 21.8. The third-order valence-electron chi connectivity index (χ3n) is 4.85. The van der Waals surface area contributed by atoms with Crippen molar-refractivity contribution in [1.82, 2.24) is 19.7 Å². The van der Waals surface area contributed by atoms with Gasteiger partial charge in [-0.3, -0.25) is 13.7 Å². The molecule has 3 N–H and O–H groups in total. The highest BCUT2D eigenvalue weighted by Crippen LogP contribution is 2.34. The molecule has 0 bridgehead atoms. The van der Waals surface area contributed by atoms with Gasteiger partial charge in [0.05, 0.1) is 24.0 Å². The maximum absolute atomic E-state index is 12.8. The molecule has 0 saturated heterocycles. The van der Waals surface area contributed by atoms with Gasteiger partial charge in [-0.25, -0.2) is 15.1 Å². The minimum Gasteiger partial charge on any atom is -0.393 e. The molecule has 0 spiro atoms. The fraction of sp³-hybridized carbons (Fsp3) is 0.444. The topological polar surface area (TPSA) is 150 Å². The molecule has 29 heavy (non-hydrogen) atoms. The number of ketones is 1. The molecule has 0 radical (unpaired) electrons. The predicted octanol–water partition coefficient (Wildman–Crippen LogP) is -0.313. The zero-order chi connectivity index (χ0) is 21.0. The van der Waals surface area contributed by atoms with Gasteiger partial charge in [-0.15, -0.1) is 6.42 Å². The molecule has 1 fully saturated rings. The molecule has 3 rings (SSSR count). The van der Waals surface area contributed by atoms with Crippen molar-refractivity contribution in [2.75, 3.05) is 6.61 Å². The van der Waals surface area contributed by atoms with E-state index < -0.39 is 16.4 Å². The minimum absolute atomic E-state index is 0.000439. The molecule has 0 unspecified atom stereocenters. The van der Waals surface area contributed by atoms with Gasteiger partial charge in [0.2, 0.25) is 5.78 Å². The minimum atomic E-state index is -4.06. The number of rotatable bonds is 8. The van der Waals surface area contributed by atoms with Crippen molar-refractivity contribution in [2.45, 2.75) is 31.9 Å². The van der Waals surface area contributed by atoms with E-state index in [0.29, 0.717) is 30.5 Å². The van der Waals surface area contributed by atoms with E-state index in [-0.39, 0.29) is 36.5 Å². The molecular formula is C18H21N5O5S. The van der Waals surface area contributed by atoms with E-state index >= 15 is 0 Å². The molecular weight excluding hydrogens is 398 g/mol. The number of hydrogen-bond donors (Lipinski definition) is 2. The first-order valence-electron chi connectivity index (χ1n) is 8.92. The Bertz CT molecular complexity index is 1030. The number of nitrogens with two attached hydrogens (primary N) is 1. The van der Waals surface area contributed by atoms with Crippen LogP contribution in [0.25, 0.3) is 0 Å². The quantitative estimate of drug-likeness (QED) is 0.437. The van der Waals surface area contributed by atoms with Crippen LogP contribution in [-0.2, 0) is 27.5 Å². The summed E-state index contributed by atoms with van der Waals surface area (Å²) in [7, 11) is -4.06. The van der Waals surface area contributed by atoms with Crippen molar-refractivity contribution in [3.63, 3.8) is 0 Å². The molecule has 10 nitrogen and oxygen atoms in total. The van der Waals surface area contributed by atoms with Gasteiger partial charge in [0.25, 0.3) is 0 Å². The second-order valence-electron chi connectivity index (χ2n) is 6.96. The smallest absolute Gasteiger partial charge is 0.333 e. The fourth-order valence-electron chi connectivity index (χ4n) is 3.53. The van der Waals surface area contributed by atoms with Crippen molar-refractivity contribution >= 4 is 16.1 Å². The van der Waals surface area contributed by atoms with Gasteiger partial charge in [-0.05, 0) is 31.2 Å². The maximum atomic E-state index is 12.8. The molecule has 1 saturated carbocycles. The molecule has 11 heteroatoms. The Balaban J connectivity index is 1.71. The summed E-state index contributed by atoms with van der Waals surface area (Å²) in [5.74, 6) is 1.77. The van der Waals surface area contributed by atoms with Crippen LogP contribution in [0.2, 0.25) is 0 Å². The van der Waals surface area contributed by atoms with Crippen LogP contribution in [0.1, 0.15) is 34.6 Å². The highest BCUT2D eigenvalue weighted by Gasteiger charge is 2.35. The van der Waals surface area contributed by atoms with Crippen LogP contribution < -0.4 is 5.14 Å². The zero-order valence-electron chi connectivity index (χ0n) is 15.5. The van der Waals surface area contributed by atoms with Crippen LogP contribution in [-0.4, -0.2) is 51.8 Å². The van der Waals surface area contributed by atoms with Crippen LogP contribution in [0.15, 0.2) is 24.8 Å². The summed E-state index contributed by atoms with van der Waals surface area (Å²) >= 11 is 0. The largest absolute Gasteiger partial charge is 0.393 e. The van der Waals surface area contributed by atoms with Crippen LogP contribution in [0, 0.1) is 24.2 Å². The van der Waals surface area contributed by atoms with E-state index in [9.17, 15) is 18.3 Å². The lowest BCUT2D eigenvalue weighted by molar-refractivity contribution is 0.100. The zero-order valence-corrected chi connectivity index (χ0v) is 16.3. The molecule has 0 aromatic carbocycles. The van der Waals surface area contributed by atoms with Crippen molar-refractivity contribution < 1.29 is 22.5 Å². The first kappa shape index (κ1) is 21.1. The van der Waals surface area contributed by atoms with Crippen molar-refractivity contribution in [1.29, 1.82) is 0 Å². The van der Waals surface area contributed by atoms with E-state index in [1.165, 1.54) is 17.2 Å². The first-order chi connectivity index (χ1) is 13.8. The summed E-state index contributed by atoms with van der Waals surface area (Å²) in [6.45, 7) is 0.0754. The van der Waals surface area contributed by atoms with E-state index in [1.807, 2.05) is 0 Å². The molecule has 154 valence electrons. The van der Waals surface area contributed by atoms with Crippen LogP contribution >= 0.6 is 0 Å². The van der Waals surface area contributed by atoms with Crippen LogP contribution in [0.5, 0.6) is 0 Å². The Morgan fingerprint density at radius 1 is 1.45 bits per heavy atom. The molecule has 1 aliphatic carbocycles. The SMILES string of the molecule is C#CCn1ccc(C(=O)c2cncnc2C[C@@H]2C[C@H](COS(N)(=O)=O)[C@@H](O)C2)n1. The highest BCUT2D eigenvalue weighted by atomic mass is 32.2. The molecule has 3 atom stereocenters. The monoisotopic (exact) mass is 419 g/mol. The van der Waals surface area contributed by atoms with Crippen molar-refractivity contribution in [3.8, 4) is 12.3 Å². The fourth-order valence-corrected chi connectivity index (χ4v) is 3.89. The van der Waals surface area contributed by atoms with Gasteiger partial charge in [0, 0.05) is 18.3 Å². The number of aromatic nitrogens is 4. The molecule has 1 aliphatic rings. The molecule has 2 aromatic rings. The summed E-state index contributed by atoms with van der Waals surface area (Å²) in [6.07, 6.45) is 10.3. The third kappa shape index (κ3) is 5.45. The van der Waals surface area contributed by atoms with Gasteiger partial charge in [0.15, 0.2) is 0 Å². The predicted molar refractivity (Wildman–Crippen MR) is 102 cm³/mol. The van der Waals surface area contributed by atoms with Crippen molar-refractivity contribution in [2.24, 2.45) is 17.0 Å². The standard InChI is InChI=1S/C18H21N5O5S/c1-2-4-23-5-3-15(22-23)18(25)14-9-20-11-21-16(14)7-12-6-13(17(24)8-12)10-28-29(19,26)27/h1,3,5,9,11-13,17,24H,4,6-8,10H2,(H2,19,26,27)/t12-,13+,17-/m0/s1. The molecule has 2 heterocycles. The van der Waals surface area contributed by atoms with Gasteiger partial charge in [-0.1, -0.05) is 5.92 Å². The Morgan fingerprint density at radius 3 is 2.97 bits per heavy atom. The van der Waals surface area contributed by atoms with Gasteiger partial charge < -0.3 is 5.11 Å². The lowest BCUT2D eigenvalue weighted by atomic mass is 9.96. The third-order valence-corrected chi connectivity index (χ3v) is 5.31. The van der Waals surface area contributed by atoms with E-state index in [2.05, 4.69) is 25.2 Å². The first-order valence-corrected chi connectivity index (χ1v) is 10.4. The number of hydrogen-bond acceptors (Lipinski definition) is 8. The summed E-state index contributed by atoms with van der Waals surface area (Å²) < 4.78 is 28.0. The van der Waals surface area contributed by atoms with Crippen molar-refractivity contribution in [3.05, 3.63) is 41.7 Å². The second-order valence-corrected chi connectivity index (χ2v) is 8.18. The number of terminal acetylenes is 1. The summed E-state index contributed by atoms with van der Waals surface area (Å²) in [5, 5.41) is 19.2. The Kier molecular flexibility index (Phi) is 6.39. The number of carbonyl (C=O) groups excluding carboxylic acids is 1. The highest BCUT2D eigenvalue weighted by molar-refractivity contribution is 7.84. The average Bonchev–Trinajstić information content (AvgIpc) is 3.26. The molecule has 0 aliphatic heterocycles. The van der Waals surface area contributed by atoms with Crippen LogP contribution in [0.3, 0.4) is 0 Å². The lowest BCUT2D eigenvalue weighted by Gasteiger charge is -2.13. The number of carbonyl (C=O) groups is 1. The summed E-state index contributed by atoms with van der Waals surface area (Å²) in [6, 6.07) is 1.58. The summed E-state index contributed by atoms with van der Waals surface area (Å²) in [4.78, 5) is 21.0. The Morgan fingerprint density at radius 2 is 2.24 bits per heavy atom. The van der Waals surface area contributed by atoms with E-state index in [1.54, 1.807) is 12.3 Å². The van der Waals surface area contributed by atoms with Gasteiger partial charge >= 0.3 is 10.3 Å². The summed E-state index contributed by atoms with van der Waals surface area (Å²) in [5.41, 5.74) is 1.11.